The smallest absolute Gasteiger partial charge is 0.0431 e. The minimum atomic E-state index is 0.363. The summed E-state index contributed by atoms with van der Waals surface area (Å²) in [7, 11) is 0. The zero-order valence-corrected chi connectivity index (χ0v) is 24.5. The third kappa shape index (κ3) is 33.7. The van der Waals surface area contributed by atoms with Gasteiger partial charge in [0.05, 0.1) is 0 Å². The molecule has 1 heteroatoms. The number of hydrogen-bond donors (Lipinski definition) is 1. The van der Waals surface area contributed by atoms with Crippen LogP contribution >= 0.6 is 0 Å². The van der Waals surface area contributed by atoms with Gasteiger partial charge < -0.3 is 5.11 Å². The van der Waals surface area contributed by atoms with Crippen LogP contribution in [0.2, 0.25) is 0 Å². The van der Waals surface area contributed by atoms with E-state index in [0.29, 0.717) is 6.61 Å². The molecule has 210 valence electrons. The summed E-state index contributed by atoms with van der Waals surface area (Å²) < 4.78 is 0. The van der Waals surface area contributed by atoms with Gasteiger partial charge >= 0.3 is 0 Å². The molecule has 0 aliphatic carbocycles. The van der Waals surface area contributed by atoms with Crippen molar-refractivity contribution in [3.8, 4) is 0 Å². The molecule has 0 unspecified atom stereocenters. The largest absolute Gasteiger partial charge is 0.396 e. The lowest BCUT2D eigenvalue weighted by molar-refractivity contribution is 0.282. The van der Waals surface area contributed by atoms with Gasteiger partial charge in [-0.3, -0.25) is 0 Å². The maximum Gasteiger partial charge on any atom is 0.0431 e. The Hall–Kier alpha value is -0.300. The second kappa shape index (κ2) is 33.7. The number of unbranched alkanes of at least 4 members (excludes halogenated alkanes) is 28. The molecule has 0 atom stereocenters. The van der Waals surface area contributed by atoms with Crippen molar-refractivity contribution >= 4 is 0 Å². The molecule has 0 aromatic rings. The molecule has 0 fully saturated rings. The maximum atomic E-state index is 8.77. The van der Waals surface area contributed by atoms with Gasteiger partial charge in [0.15, 0.2) is 0 Å². The molecule has 0 amide bonds. The van der Waals surface area contributed by atoms with Gasteiger partial charge in [-0.25, -0.2) is 0 Å². The summed E-state index contributed by atoms with van der Waals surface area (Å²) in [5, 5.41) is 8.77. The summed E-state index contributed by atoms with van der Waals surface area (Å²) in [6.07, 6.45) is 47.1. The molecule has 0 heterocycles. The van der Waals surface area contributed by atoms with Crippen molar-refractivity contribution in [3.63, 3.8) is 0 Å². The van der Waals surface area contributed by atoms with Crippen molar-refractivity contribution in [2.24, 2.45) is 0 Å². The van der Waals surface area contributed by atoms with Crippen LogP contribution in [-0.4, -0.2) is 11.7 Å². The highest BCUT2D eigenvalue weighted by Crippen LogP contribution is 2.15. The van der Waals surface area contributed by atoms with E-state index in [0.717, 1.165) is 6.42 Å². The lowest BCUT2D eigenvalue weighted by atomic mass is 10.0. The van der Waals surface area contributed by atoms with Crippen molar-refractivity contribution < 1.29 is 5.11 Å². The average Bonchev–Trinajstić information content (AvgIpc) is 2.87. The Kier molecular flexibility index (Phi) is 33.4. The van der Waals surface area contributed by atoms with Crippen LogP contribution in [0.5, 0.6) is 0 Å². The summed E-state index contributed by atoms with van der Waals surface area (Å²) in [6, 6.07) is 0. The molecule has 0 bridgehead atoms. The Morgan fingerprint density at radius 3 is 0.800 bits per heavy atom. The van der Waals surface area contributed by atoms with Crippen molar-refractivity contribution in [1.82, 2.24) is 0 Å². The number of rotatable bonds is 31. The highest BCUT2D eigenvalue weighted by atomic mass is 16.2. The van der Waals surface area contributed by atoms with Gasteiger partial charge in [0.2, 0.25) is 0 Å². The number of aliphatic hydroxyl groups is 1. The van der Waals surface area contributed by atoms with E-state index in [1.165, 1.54) is 186 Å². The molecular formula is C34H68O. The molecule has 0 aromatic heterocycles. The van der Waals surface area contributed by atoms with Crippen LogP contribution in [0.15, 0.2) is 12.2 Å². The molecule has 0 aromatic carbocycles. The van der Waals surface area contributed by atoms with Crippen LogP contribution < -0.4 is 0 Å². The fourth-order valence-corrected chi connectivity index (χ4v) is 5.19. The van der Waals surface area contributed by atoms with Crippen LogP contribution in [0.1, 0.15) is 200 Å². The summed E-state index contributed by atoms with van der Waals surface area (Å²) in [5.41, 5.74) is 0. The summed E-state index contributed by atoms with van der Waals surface area (Å²) >= 11 is 0. The van der Waals surface area contributed by atoms with Gasteiger partial charge in [-0.15, -0.1) is 0 Å². The molecule has 0 radical (unpaired) electrons. The summed E-state index contributed by atoms with van der Waals surface area (Å²) in [5.74, 6) is 0. The molecule has 1 N–H and O–H groups in total. The van der Waals surface area contributed by atoms with Crippen molar-refractivity contribution in [3.05, 3.63) is 12.2 Å². The Morgan fingerprint density at radius 1 is 0.314 bits per heavy atom. The summed E-state index contributed by atoms with van der Waals surface area (Å²) in [4.78, 5) is 0. The van der Waals surface area contributed by atoms with Crippen LogP contribution in [-0.2, 0) is 0 Å². The number of aliphatic hydroxyl groups excluding tert-OH is 1. The molecule has 0 saturated heterocycles. The van der Waals surface area contributed by atoms with Crippen molar-refractivity contribution in [2.75, 3.05) is 6.61 Å². The topological polar surface area (TPSA) is 20.2 Å². The Morgan fingerprint density at radius 2 is 0.543 bits per heavy atom. The second-order valence-corrected chi connectivity index (χ2v) is 11.3. The molecule has 0 aliphatic rings. The van der Waals surface area contributed by atoms with E-state index in [9.17, 15) is 0 Å². The lowest BCUT2D eigenvalue weighted by Gasteiger charge is -2.04. The van der Waals surface area contributed by atoms with E-state index < -0.39 is 0 Å². The predicted octanol–water partition coefficient (Wildman–Crippen LogP) is 12.3. The predicted molar refractivity (Wildman–Crippen MR) is 160 cm³/mol. The van der Waals surface area contributed by atoms with Crippen LogP contribution in [0, 0.1) is 0 Å². The SMILES string of the molecule is CCCCCCCCCCCCCCCCCCCCCCCC/C=C\CCCCCCCCO. The minimum absolute atomic E-state index is 0.363. The van der Waals surface area contributed by atoms with E-state index in [2.05, 4.69) is 19.1 Å². The first-order valence-electron chi connectivity index (χ1n) is 16.7. The highest BCUT2D eigenvalue weighted by Gasteiger charge is 1.96. The molecule has 0 aliphatic heterocycles. The standard InChI is InChI=1S/C34H68O/c1-2-3-4-5-6-7-8-9-10-11-12-13-14-15-16-17-18-19-20-21-22-23-24-25-26-27-28-29-30-31-32-33-34-35/h25-26,35H,2-24,27-34H2,1H3/b26-25-. The minimum Gasteiger partial charge on any atom is -0.396 e. The zero-order chi connectivity index (χ0) is 25.3. The van der Waals surface area contributed by atoms with E-state index in [1.54, 1.807) is 0 Å². The van der Waals surface area contributed by atoms with Gasteiger partial charge in [0.1, 0.15) is 0 Å². The normalized spacial score (nSPS) is 11.7. The van der Waals surface area contributed by atoms with Crippen LogP contribution in [0.4, 0.5) is 0 Å². The van der Waals surface area contributed by atoms with Gasteiger partial charge in [-0.05, 0) is 32.1 Å². The fraction of sp³-hybridized carbons (Fsp3) is 0.941. The number of allylic oxidation sites excluding steroid dienone is 2. The van der Waals surface area contributed by atoms with Crippen molar-refractivity contribution in [1.29, 1.82) is 0 Å². The fourth-order valence-electron chi connectivity index (χ4n) is 5.19. The first-order chi connectivity index (χ1) is 17.4. The van der Waals surface area contributed by atoms with Crippen LogP contribution in [0.3, 0.4) is 0 Å². The van der Waals surface area contributed by atoms with Gasteiger partial charge in [-0.2, -0.15) is 0 Å². The quantitative estimate of drug-likeness (QED) is 0.0753. The third-order valence-corrected chi connectivity index (χ3v) is 7.67. The molecule has 0 rings (SSSR count). The van der Waals surface area contributed by atoms with Gasteiger partial charge in [0.25, 0.3) is 0 Å². The average molecular weight is 493 g/mol. The lowest BCUT2D eigenvalue weighted by Crippen LogP contribution is -1.84. The first-order valence-corrected chi connectivity index (χ1v) is 16.7. The Balaban J connectivity index is 3.05. The molecular weight excluding hydrogens is 424 g/mol. The van der Waals surface area contributed by atoms with E-state index in [1.807, 2.05) is 0 Å². The molecule has 0 saturated carbocycles. The van der Waals surface area contributed by atoms with Gasteiger partial charge in [0, 0.05) is 6.61 Å². The first kappa shape index (κ1) is 34.7. The molecule has 0 spiro atoms. The summed E-state index contributed by atoms with van der Waals surface area (Å²) in [6.45, 7) is 2.67. The maximum absolute atomic E-state index is 8.77. The van der Waals surface area contributed by atoms with Crippen LogP contribution in [0.25, 0.3) is 0 Å². The van der Waals surface area contributed by atoms with E-state index >= 15 is 0 Å². The van der Waals surface area contributed by atoms with Crippen molar-refractivity contribution in [2.45, 2.75) is 200 Å². The zero-order valence-electron chi connectivity index (χ0n) is 24.5. The Bertz CT molecular complexity index is 375. The third-order valence-electron chi connectivity index (χ3n) is 7.67. The Labute approximate surface area is 223 Å². The molecule has 1 nitrogen and oxygen atoms in total. The highest BCUT2D eigenvalue weighted by molar-refractivity contribution is 4.81. The second-order valence-electron chi connectivity index (χ2n) is 11.3. The van der Waals surface area contributed by atoms with E-state index in [4.69, 9.17) is 5.11 Å². The molecule has 35 heavy (non-hydrogen) atoms. The van der Waals surface area contributed by atoms with Gasteiger partial charge in [-0.1, -0.05) is 180 Å². The number of hydrogen-bond acceptors (Lipinski definition) is 1. The monoisotopic (exact) mass is 493 g/mol. The van der Waals surface area contributed by atoms with E-state index in [-0.39, 0.29) is 0 Å².